The second kappa shape index (κ2) is 3.30. The SMILES string of the molecule is CN1CCn2cc(OC(=O)O)nc2C1. The maximum absolute atomic E-state index is 10.3. The van der Waals surface area contributed by atoms with Gasteiger partial charge in [-0.25, -0.2) is 4.79 Å². The number of imidazole rings is 1. The largest absolute Gasteiger partial charge is 0.512 e. The van der Waals surface area contributed by atoms with Crippen molar-refractivity contribution in [2.75, 3.05) is 13.6 Å². The molecule has 0 fully saturated rings. The molecular formula is C8H11N3O3. The van der Waals surface area contributed by atoms with Crippen LogP contribution in [0, 0.1) is 0 Å². The third-order valence-electron chi connectivity index (χ3n) is 2.16. The Morgan fingerprint density at radius 3 is 3.14 bits per heavy atom. The Kier molecular flexibility index (Phi) is 2.12. The first-order valence-corrected chi connectivity index (χ1v) is 4.30. The molecule has 0 saturated carbocycles. The van der Waals surface area contributed by atoms with E-state index in [0.29, 0.717) is 0 Å². The first-order chi connectivity index (χ1) is 6.65. The van der Waals surface area contributed by atoms with Gasteiger partial charge in [0, 0.05) is 13.1 Å². The fourth-order valence-corrected chi connectivity index (χ4v) is 1.49. The van der Waals surface area contributed by atoms with Crippen LogP contribution in [0.25, 0.3) is 0 Å². The summed E-state index contributed by atoms with van der Waals surface area (Å²) >= 11 is 0. The molecule has 2 heterocycles. The summed E-state index contributed by atoms with van der Waals surface area (Å²) < 4.78 is 6.38. The maximum Gasteiger partial charge on any atom is 0.512 e. The highest BCUT2D eigenvalue weighted by Crippen LogP contribution is 2.15. The molecule has 0 aromatic carbocycles. The molecule has 1 aliphatic heterocycles. The van der Waals surface area contributed by atoms with Gasteiger partial charge in [0.25, 0.3) is 0 Å². The van der Waals surface area contributed by atoms with Crippen LogP contribution in [-0.2, 0) is 13.1 Å². The molecule has 6 nitrogen and oxygen atoms in total. The topological polar surface area (TPSA) is 67.6 Å². The van der Waals surface area contributed by atoms with Crippen LogP contribution >= 0.6 is 0 Å². The lowest BCUT2D eigenvalue weighted by molar-refractivity contribution is 0.142. The zero-order valence-electron chi connectivity index (χ0n) is 7.80. The number of carbonyl (C=O) groups is 1. The van der Waals surface area contributed by atoms with E-state index in [1.165, 1.54) is 0 Å². The minimum Gasteiger partial charge on any atom is -0.449 e. The summed E-state index contributed by atoms with van der Waals surface area (Å²) in [5.74, 6) is 0.998. The minimum absolute atomic E-state index is 0.155. The van der Waals surface area contributed by atoms with Gasteiger partial charge in [-0.05, 0) is 7.05 Å². The highest BCUT2D eigenvalue weighted by molar-refractivity contribution is 5.60. The summed E-state index contributed by atoms with van der Waals surface area (Å²) in [6.07, 6.45) is 0.296. The Hall–Kier alpha value is -1.56. The maximum atomic E-state index is 10.3. The normalized spacial score (nSPS) is 16.4. The monoisotopic (exact) mass is 197 g/mol. The average Bonchev–Trinajstić information content (AvgIpc) is 2.44. The van der Waals surface area contributed by atoms with E-state index < -0.39 is 6.16 Å². The summed E-state index contributed by atoms with van der Waals surface area (Å²) in [6, 6.07) is 0. The molecule has 14 heavy (non-hydrogen) atoms. The average molecular weight is 197 g/mol. The molecule has 0 aliphatic carbocycles. The van der Waals surface area contributed by atoms with Crippen molar-refractivity contribution in [1.29, 1.82) is 0 Å². The van der Waals surface area contributed by atoms with Gasteiger partial charge < -0.3 is 14.4 Å². The third kappa shape index (κ3) is 1.69. The molecule has 0 atom stereocenters. The summed E-state index contributed by atoms with van der Waals surface area (Å²) in [4.78, 5) is 16.4. The van der Waals surface area contributed by atoms with Crippen molar-refractivity contribution in [2.24, 2.45) is 0 Å². The smallest absolute Gasteiger partial charge is 0.449 e. The lowest BCUT2D eigenvalue weighted by atomic mass is 10.4. The molecule has 1 aromatic rings. The van der Waals surface area contributed by atoms with Crippen LogP contribution in [0.2, 0.25) is 0 Å². The highest BCUT2D eigenvalue weighted by atomic mass is 16.7. The molecule has 1 aromatic heterocycles. The van der Waals surface area contributed by atoms with Crippen molar-refractivity contribution in [3.05, 3.63) is 12.0 Å². The number of likely N-dealkylation sites (N-methyl/N-ethyl adjacent to an activating group) is 1. The number of nitrogens with zero attached hydrogens (tertiary/aromatic N) is 3. The number of hydrogen-bond acceptors (Lipinski definition) is 4. The number of ether oxygens (including phenoxy) is 1. The van der Waals surface area contributed by atoms with Crippen LogP contribution in [-0.4, -0.2) is 39.3 Å². The molecule has 0 amide bonds. The Bertz CT molecular complexity index is 361. The van der Waals surface area contributed by atoms with E-state index in [2.05, 4.69) is 14.6 Å². The predicted octanol–water partition coefficient (Wildman–Crippen LogP) is 0.385. The van der Waals surface area contributed by atoms with Crippen LogP contribution in [0.4, 0.5) is 4.79 Å². The Labute approximate surface area is 80.7 Å². The number of fused-ring (bicyclic) bond motifs is 1. The van der Waals surface area contributed by atoms with Gasteiger partial charge in [0.1, 0.15) is 5.82 Å². The van der Waals surface area contributed by atoms with Gasteiger partial charge in [0.15, 0.2) is 0 Å². The van der Waals surface area contributed by atoms with E-state index >= 15 is 0 Å². The van der Waals surface area contributed by atoms with Gasteiger partial charge >= 0.3 is 6.16 Å². The summed E-state index contributed by atoms with van der Waals surface area (Å²) in [5, 5.41) is 8.40. The van der Waals surface area contributed by atoms with Crippen molar-refractivity contribution in [3.63, 3.8) is 0 Å². The molecule has 0 spiro atoms. The van der Waals surface area contributed by atoms with E-state index in [-0.39, 0.29) is 5.88 Å². The highest BCUT2D eigenvalue weighted by Gasteiger charge is 2.17. The summed E-state index contributed by atoms with van der Waals surface area (Å²) in [7, 11) is 2.00. The number of hydrogen-bond donors (Lipinski definition) is 1. The van der Waals surface area contributed by atoms with Crippen molar-refractivity contribution in [1.82, 2.24) is 14.5 Å². The third-order valence-corrected chi connectivity index (χ3v) is 2.16. The molecule has 2 rings (SSSR count). The first kappa shape index (κ1) is 9.01. The van der Waals surface area contributed by atoms with Crippen LogP contribution in [0.3, 0.4) is 0 Å². The lowest BCUT2D eigenvalue weighted by Crippen LogP contribution is -2.30. The van der Waals surface area contributed by atoms with Crippen LogP contribution in [0.5, 0.6) is 5.88 Å². The number of aromatic nitrogens is 2. The second-order valence-electron chi connectivity index (χ2n) is 3.29. The van der Waals surface area contributed by atoms with E-state index in [0.717, 1.165) is 25.5 Å². The van der Waals surface area contributed by atoms with E-state index in [1.54, 1.807) is 6.20 Å². The fourth-order valence-electron chi connectivity index (χ4n) is 1.49. The van der Waals surface area contributed by atoms with E-state index in [1.807, 2.05) is 11.6 Å². The van der Waals surface area contributed by atoms with Gasteiger partial charge in [-0.1, -0.05) is 0 Å². The van der Waals surface area contributed by atoms with Gasteiger partial charge in [-0.15, -0.1) is 0 Å². The van der Waals surface area contributed by atoms with E-state index in [4.69, 9.17) is 5.11 Å². The van der Waals surface area contributed by atoms with Gasteiger partial charge in [-0.2, -0.15) is 4.98 Å². The minimum atomic E-state index is -1.33. The molecule has 0 unspecified atom stereocenters. The Morgan fingerprint density at radius 2 is 2.43 bits per heavy atom. The van der Waals surface area contributed by atoms with E-state index in [9.17, 15) is 4.79 Å². The molecule has 0 radical (unpaired) electrons. The van der Waals surface area contributed by atoms with Crippen molar-refractivity contribution in [2.45, 2.75) is 13.1 Å². The van der Waals surface area contributed by atoms with Crippen molar-refractivity contribution in [3.8, 4) is 5.88 Å². The molecule has 76 valence electrons. The lowest BCUT2D eigenvalue weighted by Gasteiger charge is -2.22. The summed E-state index contributed by atoms with van der Waals surface area (Å²) in [5.41, 5.74) is 0. The standard InChI is InChI=1S/C8H11N3O3/c1-10-2-3-11-5-7(14-8(12)13)9-6(11)4-10/h5H,2-4H2,1H3,(H,12,13). The Balaban J connectivity index is 2.19. The molecule has 0 saturated heterocycles. The quantitative estimate of drug-likeness (QED) is 0.659. The second-order valence-corrected chi connectivity index (χ2v) is 3.29. The van der Waals surface area contributed by atoms with Crippen molar-refractivity contribution < 1.29 is 14.6 Å². The van der Waals surface area contributed by atoms with Gasteiger partial charge in [0.2, 0.25) is 5.88 Å². The summed E-state index contributed by atoms with van der Waals surface area (Å²) in [6.45, 7) is 2.49. The van der Waals surface area contributed by atoms with Crippen LogP contribution in [0.1, 0.15) is 5.82 Å². The zero-order valence-corrected chi connectivity index (χ0v) is 7.80. The predicted molar refractivity (Wildman–Crippen MR) is 47.2 cm³/mol. The van der Waals surface area contributed by atoms with Crippen molar-refractivity contribution >= 4 is 6.16 Å². The number of carboxylic acid groups (broad SMARTS) is 1. The molecular weight excluding hydrogens is 186 g/mol. The van der Waals surface area contributed by atoms with Gasteiger partial charge in [0.05, 0.1) is 12.7 Å². The van der Waals surface area contributed by atoms with Gasteiger partial charge in [-0.3, -0.25) is 4.90 Å². The Morgan fingerprint density at radius 1 is 1.64 bits per heavy atom. The molecule has 1 N–H and O–H groups in total. The molecule has 0 bridgehead atoms. The van der Waals surface area contributed by atoms with Crippen LogP contribution < -0.4 is 4.74 Å². The number of rotatable bonds is 1. The molecule has 6 heteroatoms. The molecule has 1 aliphatic rings. The van der Waals surface area contributed by atoms with Crippen LogP contribution in [0.15, 0.2) is 6.20 Å². The fraction of sp³-hybridized carbons (Fsp3) is 0.500. The zero-order chi connectivity index (χ0) is 10.1. The first-order valence-electron chi connectivity index (χ1n) is 4.30.